The van der Waals surface area contributed by atoms with Crippen LogP contribution in [0.15, 0.2) is 40.4 Å². The summed E-state index contributed by atoms with van der Waals surface area (Å²) in [6, 6.07) is 7.79. The van der Waals surface area contributed by atoms with E-state index in [0.29, 0.717) is 25.0 Å². The molecule has 0 aliphatic heterocycles. The van der Waals surface area contributed by atoms with Gasteiger partial charge in [-0.25, -0.2) is 0 Å². The fourth-order valence-corrected chi connectivity index (χ4v) is 2.48. The van der Waals surface area contributed by atoms with Gasteiger partial charge in [0.05, 0.1) is 5.71 Å². The molecule has 96 valence electrons. The quantitative estimate of drug-likeness (QED) is 0.784. The highest BCUT2D eigenvalue weighted by Gasteiger charge is 2.18. The third kappa shape index (κ3) is 3.16. The molecule has 0 amide bonds. The maximum atomic E-state index is 11.7. The number of ketones is 1. The Morgan fingerprint density at radius 3 is 2.50 bits per heavy atom. The minimum atomic E-state index is -3.88. The standard InChI is InChI=1S/C12H13NO4S/c14-11-6-4-5-10(9-11)13-17-18(15,16)12-7-2-1-3-8-12/h1-3,7-8H,4-6,9H2. The maximum Gasteiger partial charge on any atom is 0.358 e. The fraction of sp³-hybridized carbons (Fsp3) is 0.333. The molecule has 0 atom stereocenters. The van der Waals surface area contributed by atoms with Crippen LogP contribution in [-0.2, 0) is 19.2 Å². The molecular weight excluding hydrogens is 254 g/mol. The van der Waals surface area contributed by atoms with Crippen molar-refractivity contribution in [2.45, 2.75) is 30.6 Å². The first kappa shape index (κ1) is 12.8. The van der Waals surface area contributed by atoms with Gasteiger partial charge in [-0.1, -0.05) is 23.4 Å². The van der Waals surface area contributed by atoms with Gasteiger partial charge in [-0.2, -0.15) is 8.42 Å². The van der Waals surface area contributed by atoms with Crippen LogP contribution < -0.4 is 0 Å². The molecule has 1 fully saturated rings. The van der Waals surface area contributed by atoms with Crippen molar-refractivity contribution in [2.75, 3.05) is 0 Å². The van der Waals surface area contributed by atoms with Crippen molar-refractivity contribution in [2.24, 2.45) is 5.16 Å². The van der Waals surface area contributed by atoms with Gasteiger partial charge in [0, 0.05) is 12.8 Å². The Bertz CT molecular complexity index is 563. The molecule has 1 aromatic carbocycles. The topological polar surface area (TPSA) is 72.8 Å². The van der Waals surface area contributed by atoms with Crippen LogP contribution in [0, 0.1) is 0 Å². The zero-order chi connectivity index (χ0) is 13.0. The summed E-state index contributed by atoms with van der Waals surface area (Å²) < 4.78 is 28.1. The van der Waals surface area contributed by atoms with Gasteiger partial charge in [0.15, 0.2) is 0 Å². The number of carbonyl (C=O) groups is 1. The summed E-state index contributed by atoms with van der Waals surface area (Å²) in [6.07, 6.45) is 2.03. The van der Waals surface area contributed by atoms with E-state index in [1.54, 1.807) is 18.2 Å². The van der Waals surface area contributed by atoms with Gasteiger partial charge in [-0.15, -0.1) is 0 Å². The molecule has 0 spiro atoms. The van der Waals surface area contributed by atoms with E-state index in [1.165, 1.54) is 12.1 Å². The zero-order valence-electron chi connectivity index (χ0n) is 9.70. The second kappa shape index (κ2) is 5.30. The first-order valence-corrected chi connectivity index (χ1v) is 7.05. The third-order valence-electron chi connectivity index (χ3n) is 2.62. The van der Waals surface area contributed by atoms with E-state index >= 15 is 0 Å². The highest BCUT2D eigenvalue weighted by Crippen LogP contribution is 2.15. The molecule has 1 aliphatic carbocycles. The molecule has 0 saturated heterocycles. The van der Waals surface area contributed by atoms with Crippen molar-refractivity contribution >= 4 is 21.6 Å². The third-order valence-corrected chi connectivity index (χ3v) is 3.74. The second-order valence-corrected chi connectivity index (χ2v) is 5.60. The van der Waals surface area contributed by atoms with Crippen LogP contribution in [0.25, 0.3) is 0 Å². The number of oxime groups is 1. The van der Waals surface area contributed by atoms with Crippen molar-refractivity contribution in [1.82, 2.24) is 0 Å². The normalized spacial score (nSPS) is 18.9. The number of hydrogen-bond acceptors (Lipinski definition) is 5. The molecule has 1 saturated carbocycles. The molecule has 0 N–H and O–H groups in total. The van der Waals surface area contributed by atoms with E-state index in [4.69, 9.17) is 0 Å². The molecule has 0 radical (unpaired) electrons. The minimum Gasteiger partial charge on any atom is -0.299 e. The van der Waals surface area contributed by atoms with Crippen molar-refractivity contribution in [3.8, 4) is 0 Å². The lowest BCUT2D eigenvalue weighted by molar-refractivity contribution is -0.118. The van der Waals surface area contributed by atoms with E-state index in [-0.39, 0.29) is 17.1 Å². The summed E-state index contributed by atoms with van der Waals surface area (Å²) in [6.45, 7) is 0. The molecule has 1 aliphatic rings. The van der Waals surface area contributed by atoms with Crippen LogP contribution in [-0.4, -0.2) is 19.9 Å². The van der Waals surface area contributed by atoms with Gasteiger partial charge in [0.2, 0.25) is 0 Å². The second-order valence-electron chi connectivity index (χ2n) is 4.07. The lowest BCUT2D eigenvalue weighted by Gasteiger charge is -2.10. The van der Waals surface area contributed by atoms with E-state index in [1.807, 2.05) is 0 Å². The Kier molecular flexibility index (Phi) is 3.76. The molecule has 0 aromatic heterocycles. The predicted molar refractivity (Wildman–Crippen MR) is 65.6 cm³/mol. The average molecular weight is 267 g/mol. The zero-order valence-corrected chi connectivity index (χ0v) is 10.5. The first-order valence-electron chi connectivity index (χ1n) is 5.64. The van der Waals surface area contributed by atoms with Gasteiger partial charge in [-0.05, 0) is 25.0 Å². The molecule has 5 nitrogen and oxygen atoms in total. The van der Waals surface area contributed by atoms with Crippen molar-refractivity contribution in [1.29, 1.82) is 0 Å². The molecule has 1 aromatic rings. The summed E-state index contributed by atoms with van der Waals surface area (Å²) in [7, 11) is -3.88. The number of nitrogens with zero attached hydrogens (tertiary/aromatic N) is 1. The largest absolute Gasteiger partial charge is 0.358 e. The van der Waals surface area contributed by atoms with Crippen LogP contribution in [0.5, 0.6) is 0 Å². The van der Waals surface area contributed by atoms with Gasteiger partial charge in [0.25, 0.3) is 0 Å². The van der Waals surface area contributed by atoms with Gasteiger partial charge >= 0.3 is 10.1 Å². The van der Waals surface area contributed by atoms with Crippen LogP contribution >= 0.6 is 0 Å². The Morgan fingerprint density at radius 2 is 1.83 bits per heavy atom. The molecule has 18 heavy (non-hydrogen) atoms. The minimum absolute atomic E-state index is 0.0523. The van der Waals surface area contributed by atoms with E-state index in [9.17, 15) is 13.2 Å². The van der Waals surface area contributed by atoms with Gasteiger partial charge < -0.3 is 0 Å². The smallest absolute Gasteiger partial charge is 0.299 e. The number of hydrogen-bond donors (Lipinski definition) is 0. The maximum absolute atomic E-state index is 11.7. The Labute approximate surface area is 106 Å². The van der Waals surface area contributed by atoms with Crippen LogP contribution in [0.1, 0.15) is 25.7 Å². The summed E-state index contributed by atoms with van der Waals surface area (Å²) in [4.78, 5) is 11.2. The van der Waals surface area contributed by atoms with Gasteiger partial charge in [0.1, 0.15) is 10.7 Å². The molecular formula is C12H13NO4S. The molecule has 6 heteroatoms. The summed E-state index contributed by atoms with van der Waals surface area (Å²) >= 11 is 0. The predicted octanol–water partition coefficient (Wildman–Crippen LogP) is 1.89. The number of benzene rings is 1. The van der Waals surface area contributed by atoms with Crippen LogP contribution in [0.2, 0.25) is 0 Å². The number of rotatable bonds is 3. The Morgan fingerprint density at radius 1 is 1.11 bits per heavy atom. The van der Waals surface area contributed by atoms with Crippen molar-refractivity contribution in [3.05, 3.63) is 30.3 Å². The Balaban J connectivity index is 2.10. The lowest BCUT2D eigenvalue weighted by Crippen LogP contribution is -2.15. The lowest BCUT2D eigenvalue weighted by atomic mass is 9.98. The van der Waals surface area contributed by atoms with E-state index in [0.717, 1.165) is 0 Å². The Hall–Kier alpha value is -1.69. The van der Waals surface area contributed by atoms with E-state index in [2.05, 4.69) is 9.44 Å². The number of Topliss-reactive ketones (excluding diaryl/α,β-unsaturated/α-hetero) is 1. The van der Waals surface area contributed by atoms with Crippen LogP contribution in [0.4, 0.5) is 0 Å². The molecule has 0 unspecified atom stereocenters. The van der Waals surface area contributed by atoms with E-state index < -0.39 is 10.1 Å². The monoisotopic (exact) mass is 267 g/mol. The fourth-order valence-electron chi connectivity index (χ4n) is 1.70. The molecule has 0 heterocycles. The highest BCUT2D eigenvalue weighted by molar-refractivity contribution is 7.86. The molecule has 0 bridgehead atoms. The van der Waals surface area contributed by atoms with Crippen molar-refractivity contribution < 1.29 is 17.5 Å². The summed E-state index contributed by atoms with van der Waals surface area (Å²) in [5.41, 5.74) is 0.491. The first-order chi connectivity index (χ1) is 8.58. The summed E-state index contributed by atoms with van der Waals surface area (Å²) in [5.74, 6) is 0.0701. The van der Waals surface area contributed by atoms with Crippen LogP contribution in [0.3, 0.4) is 0 Å². The molecule has 2 rings (SSSR count). The van der Waals surface area contributed by atoms with Crippen molar-refractivity contribution in [3.63, 3.8) is 0 Å². The highest BCUT2D eigenvalue weighted by atomic mass is 32.2. The number of carbonyl (C=O) groups excluding carboxylic acids is 1. The SMILES string of the molecule is O=C1CCCC(=NOS(=O)(=O)c2ccccc2)C1. The van der Waals surface area contributed by atoms with Gasteiger partial charge in [-0.3, -0.25) is 9.08 Å². The summed E-state index contributed by atoms with van der Waals surface area (Å²) in [5, 5.41) is 3.59. The average Bonchev–Trinajstić information content (AvgIpc) is 2.38.